The highest BCUT2D eigenvalue weighted by atomic mass is 15.1. The SMILES string of the molecule is CCC1(C)c2ccccc2-c2cccc(N(c3ccccc3)c3ccc(Cc4ccc(N(c5ccccc5)c5ccccc5)cc4)cc3)c21. The van der Waals surface area contributed by atoms with E-state index in [2.05, 4.69) is 206 Å². The van der Waals surface area contributed by atoms with Gasteiger partial charge in [0.25, 0.3) is 0 Å². The molecule has 49 heavy (non-hydrogen) atoms. The lowest BCUT2D eigenvalue weighted by Crippen LogP contribution is -2.23. The Morgan fingerprint density at radius 2 is 0.837 bits per heavy atom. The number of fused-ring (bicyclic) bond motifs is 3. The van der Waals surface area contributed by atoms with E-state index in [0.29, 0.717) is 0 Å². The molecule has 1 aliphatic carbocycles. The van der Waals surface area contributed by atoms with Crippen molar-refractivity contribution < 1.29 is 0 Å². The summed E-state index contributed by atoms with van der Waals surface area (Å²) in [5, 5.41) is 0. The number of hydrogen-bond acceptors (Lipinski definition) is 2. The van der Waals surface area contributed by atoms with Gasteiger partial charge in [-0.3, -0.25) is 0 Å². The lowest BCUT2D eigenvalue weighted by Gasteiger charge is -2.33. The monoisotopic (exact) mass is 632 g/mol. The van der Waals surface area contributed by atoms with Crippen molar-refractivity contribution in [3.63, 3.8) is 0 Å². The van der Waals surface area contributed by atoms with Crippen molar-refractivity contribution in [2.75, 3.05) is 9.80 Å². The summed E-state index contributed by atoms with van der Waals surface area (Å²) in [5.41, 5.74) is 15.0. The molecule has 1 atom stereocenters. The molecule has 7 aromatic rings. The normalized spacial score (nSPS) is 14.6. The molecule has 8 rings (SSSR count). The smallest absolute Gasteiger partial charge is 0.0508 e. The van der Waals surface area contributed by atoms with E-state index in [1.807, 2.05) is 0 Å². The first-order chi connectivity index (χ1) is 24.1. The standard InChI is InChI=1S/C47H40N2/c1-3-47(2)44-24-14-13-22-42(44)43-23-15-25-45(46(43)47)49(39-20-11-6-12-21-39)41-32-28-36(29-33-41)34-35-26-30-40(31-27-35)48(37-16-7-4-8-17-37)38-18-9-5-10-19-38/h4-33H,3,34H2,1-2H3. The summed E-state index contributed by atoms with van der Waals surface area (Å²) in [6.45, 7) is 4.73. The van der Waals surface area contributed by atoms with Gasteiger partial charge in [-0.1, -0.05) is 129 Å². The van der Waals surface area contributed by atoms with Gasteiger partial charge in [0, 0.05) is 33.9 Å². The van der Waals surface area contributed by atoms with E-state index >= 15 is 0 Å². The van der Waals surface area contributed by atoms with Crippen LogP contribution in [0, 0.1) is 0 Å². The maximum Gasteiger partial charge on any atom is 0.0508 e. The maximum absolute atomic E-state index is 2.44. The van der Waals surface area contributed by atoms with Gasteiger partial charge in [-0.15, -0.1) is 0 Å². The van der Waals surface area contributed by atoms with Crippen LogP contribution in [0.3, 0.4) is 0 Å². The fourth-order valence-electron chi connectivity index (χ4n) is 7.60. The molecule has 0 saturated carbocycles. The fraction of sp³-hybridized carbons (Fsp3) is 0.106. The third-order valence-corrected chi connectivity index (χ3v) is 10.2. The van der Waals surface area contributed by atoms with E-state index in [1.165, 1.54) is 39.1 Å². The van der Waals surface area contributed by atoms with E-state index in [4.69, 9.17) is 0 Å². The Balaban J connectivity index is 1.11. The van der Waals surface area contributed by atoms with E-state index < -0.39 is 0 Å². The third-order valence-electron chi connectivity index (χ3n) is 10.2. The van der Waals surface area contributed by atoms with Gasteiger partial charge in [0.1, 0.15) is 0 Å². The number of benzene rings is 7. The number of para-hydroxylation sites is 3. The van der Waals surface area contributed by atoms with E-state index in [0.717, 1.165) is 41.3 Å². The third kappa shape index (κ3) is 5.60. The Kier molecular flexibility index (Phi) is 8.07. The first kappa shape index (κ1) is 30.5. The molecule has 0 fully saturated rings. The van der Waals surface area contributed by atoms with Crippen LogP contribution in [0.2, 0.25) is 0 Å². The van der Waals surface area contributed by atoms with Crippen LogP contribution in [0.15, 0.2) is 182 Å². The zero-order chi connectivity index (χ0) is 33.2. The Morgan fingerprint density at radius 3 is 1.37 bits per heavy atom. The topological polar surface area (TPSA) is 6.48 Å². The van der Waals surface area contributed by atoms with Crippen LogP contribution in [0.1, 0.15) is 42.5 Å². The molecule has 0 heterocycles. The van der Waals surface area contributed by atoms with Gasteiger partial charge in [0.15, 0.2) is 0 Å². The first-order valence-electron chi connectivity index (χ1n) is 17.3. The van der Waals surface area contributed by atoms with Crippen LogP contribution in [0.4, 0.5) is 34.1 Å². The predicted octanol–water partition coefficient (Wildman–Crippen LogP) is 12.9. The van der Waals surface area contributed by atoms with Crippen molar-refractivity contribution in [2.45, 2.75) is 32.1 Å². The van der Waals surface area contributed by atoms with Crippen LogP contribution in [0.25, 0.3) is 11.1 Å². The van der Waals surface area contributed by atoms with Gasteiger partial charge in [-0.05, 0) is 113 Å². The van der Waals surface area contributed by atoms with Gasteiger partial charge < -0.3 is 9.80 Å². The number of rotatable bonds is 9. The lowest BCUT2D eigenvalue weighted by molar-refractivity contribution is 0.565. The average Bonchev–Trinajstić information content (AvgIpc) is 3.43. The molecule has 7 aromatic carbocycles. The number of nitrogens with zero attached hydrogens (tertiary/aromatic N) is 2. The van der Waals surface area contributed by atoms with Crippen LogP contribution < -0.4 is 9.80 Å². The number of hydrogen-bond donors (Lipinski definition) is 0. The zero-order valence-electron chi connectivity index (χ0n) is 28.1. The Morgan fingerprint density at radius 1 is 0.408 bits per heavy atom. The second-order valence-electron chi connectivity index (χ2n) is 13.1. The molecule has 238 valence electrons. The van der Waals surface area contributed by atoms with Gasteiger partial charge in [-0.25, -0.2) is 0 Å². The van der Waals surface area contributed by atoms with Gasteiger partial charge in [-0.2, -0.15) is 0 Å². The first-order valence-corrected chi connectivity index (χ1v) is 17.3. The summed E-state index contributed by atoms with van der Waals surface area (Å²) >= 11 is 0. The highest BCUT2D eigenvalue weighted by Crippen LogP contribution is 2.55. The summed E-state index contributed by atoms with van der Waals surface area (Å²) < 4.78 is 0. The molecule has 0 N–H and O–H groups in total. The molecule has 0 spiro atoms. The largest absolute Gasteiger partial charge is 0.311 e. The van der Waals surface area contributed by atoms with Gasteiger partial charge >= 0.3 is 0 Å². The Labute approximate surface area is 290 Å². The van der Waals surface area contributed by atoms with Crippen molar-refractivity contribution in [1.82, 2.24) is 0 Å². The Hall–Kier alpha value is -5.86. The van der Waals surface area contributed by atoms with E-state index in [9.17, 15) is 0 Å². The molecule has 0 aliphatic heterocycles. The zero-order valence-corrected chi connectivity index (χ0v) is 28.1. The van der Waals surface area contributed by atoms with E-state index in [1.54, 1.807) is 0 Å². The molecular formula is C47H40N2. The highest BCUT2D eigenvalue weighted by Gasteiger charge is 2.40. The lowest BCUT2D eigenvalue weighted by atomic mass is 9.77. The minimum Gasteiger partial charge on any atom is -0.311 e. The van der Waals surface area contributed by atoms with Crippen molar-refractivity contribution in [2.24, 2.45) is 0 Å². The van der Waals surface area contributed by atoms with Crippen LogP contribution in [-0.2, 0) is 11.8 Å². The summed E-state index contributed by atoms with van der Waals surface area (Å²) in [6, 6.07) is 65.8. The van der Waals surface area contributed by atoms with E-state index in [-0.39, 0.29) is 5.41 Å². The van der Waals surface area contributed by atoms with Gasteiger partial charge in [0.05, 0.1) is 5.69 Å². The second kappa shape index (κ2) is 13.0. The van der Waals surface area contributed by atoms with Gasteiger partial charge in [0.2, 0.25) is 0 Å². The molecule has 0 saturated heterocycles. The van der Waals surface area contributed by atoms with Crippen molar-refractivity contribution >= 4 is 34.1 Å². The van der Waals surface area contributed by atoms with Crippen LogP contribution in [0.5, 0.6) is 0 Å². The molecular weight excluding hydrogens is 593 g/mol. The molecule has 0 bridgehead atoms. The summed E-state index contributed by atoms with van der Waals surface area (Å²) in [5.74, 6) is 0. The predicted molar refractivity (Wildman–Crippen MR) is 207 cm³/mol. The van der Waals surface area contributed by atoms with Crippen LogP contribution >= 0.6 is 0 Å². The Bertz CT molecular complexity index is 2130. The fourth-order valence-corrected chi connectivity index (χ4v) is 7.60. The minimum absolute atomic E-state index is 0.0712. The molecule has 1 unspecified atom stereocenters. The minimum atomic E-state index is -0.0712. The highest BCUT2D eigenvalue weighted by molar-refractivity contribution is 5.90. The molecule has 2 nitrogen and oxygen atoms in total. The summed E-state index contributed by atoms with van der Waals surface area (Å²) in [6.07, 6.45) is 1.90. The average molecular weight is 633 g/mol. The quantitative estimate of drug-likeness (QED) is 0.156. The molecule has 1 aliphatic rings. The van der Waals surface area contributed by atoms with Crippen LogP contribution in [-0.4, -0.2) is 0 Å². The second-order valence-corrected chi connectivity index (χ2v) is 13.1. The molecule has 0 aromatic heterocycles. The number of anilines is 6. The molecule has 2 heteroatoms. The van der Waals surface area contributed by atoms with Crippen molar-refractivity contribution in [3.05, 3.63) is 204 Å². The molecule has 0 radical (unpaired) electrons. The maximum atomic E-state index is 2.44. The van der Waals surface area contributed by atoms with Crippen molar-refractivity contribution in [3.8, 4) is 11.1 Å². The summed E-state index contributed by atoms with van der Waals surface area (Å²) in [4.78, 5) is 4.75. The molecule has 0 amide bonds. The van der Waals surface area contributed by atoms with Crippen molar-refractivity contribution in [1.29, 1.82) is 0 Å². The summed E-state index contributed by atoms with van der Waals surface area (Å²) in [7, 11) is 0.